The number of thioether (sulfide) groups is 1. The van der Waals surface area contributed by atoms with E-state index < -0.39 is 5.92 Å². The molecule has 0 radical (unpaired) electrons. The second-order valence-corrected chi connectivity index (χ2v) is 7.38. The minimum Gasteiger partial charge on any atom is -0.469 e. The van der Waals surface area contributed by atoms with Crippen LogP contribution in [0.3, 0.4) is 0 Å². The molecule has 1 atom stereocenters. The number of hydrogen-bond acceptors (Lipinski definition) is 5. The summed E-state index contributed by atoms with van der Waals surface area (Å²) in [5.74, 6) is -0.532. The van der Waals surface area contributed by atoms with Crippen LogP contribution in [0.25, 0.3) is 0 Å². The van der Waals surface area contributed by atoms with Gasteiger partial charge in [0.25, 0.3) is 0 Å². The van der Waals surface area contributed by atoms with Crippen molar-refractivity contribution in [2.45, 2.75) is 12.3 Å². The first-order valence-corrected chi connectivity index (χ1v) is 9.58. The van der Waals surface area contributed by atoms with Crippen molar-refractivity contribution < 1.29 is 14.0 Å². The Hall–Kier alpha value is -2.40. The number of carbonyl (C=O) groups is 2. The first-order chi connectivity index (χ1) is 13.0. The number of nitriles is 1. The van der Waals surface area contributed by atoms with Crippen molar-refractivity contribution in [2.75, 3.05) is 11.1 Å². The molecule has 2 aromatic rings. The molecule has 0 fully saturated rings. The molecule has 0 saturated carbocycles. The van der Waals surface area contributed by atoms with Gasteiger partial charge in [-0.05, 0) is 24.3 Å². The molecule has 1 aliphatic rings. The monoisotopic (exact) mass is 421 g/mol. The average molecular weight is 422 g/mol. The highest BCUT2D eigenvalue weighted by atomic mass is 35.5. The molecule has 6 nitrogen and oxygen atoms in total. The Bertz CT molecular complexity index is 951. The number of hydrogen-bond donors (Lipinski definition) is 2. The van der Waals surface area contributed by atoms with Crippen LogP contribution in [-0.4, -0.2) is 17.6 Å². The fourth-order valence-electron chi connectivity index (χ4n) is 2.59. The minimum absolute atomic E-state index is 0.0193. The van der Waals surface area contributed by atoms with E-state index in [4.69, 9.17) is 27.6 Å². The largest absolute Gasteiger partial charge is 0.469 e. The number of benzene rings is 1. The highest BCUT2D eigenvalue weighted by Crippen LogP contribution is 2.36. The number of allylic oxidation sites excluding steroid dienone is 1. The summed E-state index contributed by atoms with van der Waals surface area (Å²) in [5.41, 5.74) is 0.758. The molecule has 2 amide bonds. The zero-order valence-electron chi connectivity index (χ0n) is 13.8. The molecule has 0 spiro atoms. The van der Waals surface area contributed by atoms with Gasteiger partial charge in [-0.2, -0.15) is 5.26 Å². The Morgan fingerprint density at radius 2 is 2.19 bits per heavy atom. The smallest absolute Gasteiger partial charge is 0.234 e. The summed E-state index contributed by atoms with van der Waals surface area (Å²) >= 11 is 13.0. The van der Waals surface area contributed by atoms with Gasteiger partial charge in [-0.1, -0.05) is 41.0 Å². The minimum atomic E-state index is -0.466. The Morgan fingerprint density at radius 3 is 2.89 bits per heavy atom. The fraction of sp³-hybridized carbons (Fsp3) is 0.167. The number of amides is 2. The Labute approximate surface area is 169 Å². The predicted octanol–water partition coefficient (Wildman–Crippen LogP) is 4.30. The van der Waals surface area contributed by atoms with Crippen molar-refractivity contribution >= 4 is 52.5 Å². The van der Waals surface area contributed by atoms with Crippen LogP contribution >= 0.6 is 35.0 Å². The van der Waals surface area contributed by atoms with E-state index in [0.717, 1.165) is 11.8 Å². The quantitative estimate of drug-likeness (QED) is 0.749. The Morgan fingerprint density at radius 1 is 1.37 bits per heavy atom. The zero-order chi connectivity index (χ0) is 19.4. The summed E-state index contributed by atoms with van der Waals surface area (Å²) in [7, 11) is 0. The molecular formula is C18H13Cl2N3O3S. The fourth-order valence-corrected chi connectivity index (χ4v) is 3.81. The van der Waals surface area contributed by atoms with Crippen LogP contribution in [0.5, 0.6) is 0 Å². The summed E-state index contributed by atoms with van der Waals surface area (Å²) in [6.07, 6.45) is 1.61. The summed E-state index contributed by atoms with van der Waals surface area (Å²) in [5, 5.41) is 15.8. The number of furan rings is 1. The SMILES string of the molecule is N#CC1=C(SCC(=O)Nc2cccc(Cl)c2Cl)NC(=O)C[C@H]1c1ccco1. The van der Waals surface area contributed by atoms with Crippen LogP contribution in [0.2, 0.25) is 10.0 Å². The molecule has 3 rings (SSSR count). The predicted molar refractivity (Wildman–Crippen MR) is 104 cm³/mol. The van der Waals surface area contributed by atoms with Gasteiger partial charge < -0.3 is 15.1 Å². The number of nitrogens with zero attached hydrogens (tertiary/aromatic N) is 1. The molecule has 27 heavy (non-hydrogen) atoms. The number of rotatable bonds is 5. The highest BCUT2D eigenvalue weighted by Gasteiger charge is 2.31. The van der Waals surface area contributed by atoms with Crippen molar-refractivity contribution in [1.29, 1.82) is 5.26 Å². The molecule has 138 valence electrons. The van der Waals surface area contributed by atoms with Gasteiger partial charge in [0.05, 0.1) is 50.3 Å². The lowest BCUT2D eigenvalue weighted by Crippen LogP contribution is -2.31. The van der Waals surface area contributed by atoms with E-state index in [1.54, 1.807) is 30.3 Å². The molecule has 1 aromatic carbocycles. The van der Waals surface area contributed by atoms with Crippen LogP contribution in [0.15, 0.2) is 51.6 Å². The lowest BCUT2D eigenvalue weighted by Gasteiger charge is -2.23. The summed E-state index contributed by atoms with van der Waals surface area (Å²) in [4.78, 5) is 24.3. The second kappa shape index (κ2) is 8.53. The number of halogens is 2. The third-order valence-electron chi connectivity index (χ3n) is 3.82. The standard InChI is InChI=1S/C18H13Cl2N3O3S/c19-12-3-1-4-13(17(12)20)22-16(25)9-27-18-11(8-21)10(7-15(24)23-18)14-5-2-6-26-14/h1-6,10H,7,9H2,(H,22,25)(H,23,24)/t10-/m1/s1. The van der Waals surface area contributed by atoms with Crippen molar-refractivity contribution in [2.24, 2.45) is 0 Å². The molecule has 1 aromatic heterocycles. The number of nitrogens with one attached hydrogen (secondary N) is 2. The molecular weight excluding hydrogens is 409 g/mol. The number of carbonyl (C=O) groups excluding carboxylic acids is 2. The van der Waals surface area contributed by atoms with E-state index in [-0.39, 0.29) is 29.0 Å². The van der Waals surface area contributed by atoms with E-state index in [2.05, 4.69) is 16.7 Å². The second-order valence-electron chi connectivity index (χ2n) is 5.61. The van der Waals surface area contributed by atoms with Crippen LogP contribution in [-0.2, 0) is 9.59 Å². The molecule has 1 aliphatic heterocycles. The maximum atomic E-state index is 12.2. The molecule has 0 saturated heterocycles. The van der Waals surface area contributed by atoms with Gasteiger partial charge in [-0.3, -0.25) is 9.59 Å². The van der Waals surface area contributed by atoms with Gasteiger partial charge in [0.1, 0.15) is 5.76 Å². The molecule has 0 unspecified atom stereocenters. The van der Waals surface area contributed by atoms with Crippen LogP contribution < -0.4 is 10.6 Å². The van der Waals surface area contributed by atoms with E-state index in [1.165, 1.54) is 6.26 Å². The van der Waals surface area contributed by atoms with Gasteiger partial charge >= 0.3 is 0 Å². The molecule has 2 N–H and O–H groups in total. The highest BCUT2D eigenvalue weighted by molar-refractivity contribution is 8.03. The van der Waals surface area contributed by atoms with Crippen molar-refractivity contribution in [1.82, 2.24) is 5.32 Å². The molecule has 0 bridgehead atoms. The van der Waals surface area contributed by atoms with Gasteiger partial charge in [0, 0.05) is 6.42 Å². The lowest BCUT2D eigenvalue weighted by atomic mass is 9.92. The van der Waals surface area contributed by atoms with E-state index in [1.807, 2.05) is 0 Å². The maximum absolute atomic E-state index is 12.2. The average Bonchev–Trinajstić information content (AvgIpc) is 3.18. The normalized spacial score (nSPS) is 16.6. The van der Waals surface area contributed by atoms with Gasteiger partial charge in [-0.15, -0.1) is 0 Å². The first kappa shape index (κ1) is 19.4. The van der Waals surface area contributed by atoms with Crippen molar-refractivity contribution in [3.63, 3.8) is 0 Å². The van der Waals surface area contributed by atoms with Gasteiger partial charge in [0.2, 0.25) is 11.8 Å². The summed E-state index contributed by atoms with van der Waals surface area (Å²) in [6, 6.07) is 10.5. The Kier molecular flexibility index (Phi) is 6.11. The maximum Gasteiger partial charge on any atom is 0.234 e. The van der Waals surface area contributed by atoms with Gasteiger partial charge in [-0.25, -0.2) is 0 Å². The topological polar surface area (TPSA) is 95.1 Å². The summed E-state index contributed by atoms with van der Waals surface area (Å²) < 4.78 is 5.35. The molecule has 0 aliphatic carbocycles. The van der Waals surface area contributed by atoms with Crippen LogP contribution in [0.1, 0.15) is 18.1 Å². The Balaban J connectivity index is 1.73. The van der Waals surface area contributed by atoms with E-state index in [9.17, 15) is 14.9 Å². The number of anilines is 1. The summed E-state index contributed by atoms with van der Waals surface area (Å²) in [6.45, 7) is 0. The van der Waals surface area contributed by atoms with Crippen LogP contribution in [0.4, 0.5) is 5.69 Å². The molecule has 9 heteroatoms. The van der Waals surface area contributed by atoms with E-state index >= 15 is 0 Å². The third kappa shape index (κ3) is 4.48. The first-order valence-electron chi connectivity index (χ1n) is 7.83. The molecule has 2 heterocycles. The third-order valence-corrected chi connectivity index (χ3v) is 5.65. The zero-order valence-corrected chi connectivity index (χ0v) is 16.1. The van der Waals surface area contributed by atoms with Crippen molar-refractivity contribution in [3.8, 4) is 6.07 Å². The lowest BCUT2D eigenvalue weighted by molar-refractivity contribution is -0.121. The van der Waals surface area contributed by atoms with E-state index in [0.29, 0.717) is 27.1 Å². The van der Waals surface area contributed by atoms with Crippen molar-refractivity contribution in [3.05, 3.63) is 63.0 Å². The van der Waals surface area contributed by atoms with Gasteiger partial charge in [0.15, 0.2) is 0 Å². The van der Waals surface area contributed by atoms with Crippen LogP contribution in [0, 0.1) is 11.3 Å².